The molecule has 4 saturated carbocycles. The molecule has 0 aromatic carbocycles. The molecule has 0 aliphatic heterocycles. The first-order valence-electron chi connectivity index (χ1n) is 6.38. The molecular formula is C13H20O3. The van der Waals surface area contributed by atoms with Crippen LogP contribution >= 0.6 is 0 Å². The van der Waals surface area contributed by atoms with E-state index in [9.17, 15) is 9.90 Å². The van der Waals surface area contributed by atoms with Crippen molar-refractivity contribution < 1.29 is 15.0 Å². The van der Waals surface area contributed by atoms with E-state index in [1.807, 2.05) is 0 Å². The van der Waals surface area contributed by atoms with Crippen LogP contribution in [0, 0.1) is 22.7 Å². The molecule has 4 fully saturated rings. The van der Waals surface area contributed by atoms with E-state index in [1.165, 1.54) is 6.42 Å². The first kappa shape index (κ1) is 10.6. The van der Waals surface area contributed by atoms with Gasteiger partial charge in [0.1, 0.15) is 0 Å². The van der Waals surface area contributed by atoms with Gasteiger partial charge in [0.15, 0.2) is 0 Å². The number of hydrogen-bond acceptors (Lipinski definition) is 2. The Morgan fingerprint density at radius 3 is 2.19 bits per heavy atom. The molecule has 0 heterocycles. The smallest absolute Gasteiger partial charge is 0.303 e. The summed E-state index contributed by atoms with van der Waals surface area (Å²) in [6, 6.07) is 0. The van der Waals surface area contributed by atoms with Crippen LogP contribution in [-0.2, 0) is 4.79 Å². The number of rotatable bonds is 3. The zero-order chi connectivity index (χ0) is 11.4. The van der Waals surface area contributed by atoms with Gasteiger partial charge in [-0.3, -0.25) is 4.79 Å². The van der Waals surface area contributed by atoms with E-state index >= 15 is 0 Å². The lowest BCUT2D eigenvalue weighted by Crippen LogP contribution is -2.53. The zero-order valence-electron chi connectivity index (χ0n) is 9.61. The molecule has 4 aliphatic rings. The van der Waals surface area contributed by atoms with Crippen molar-refractivity contribution in [2.45, 2.75) is 44.9 Å². The van der Waals surface area contributed by atoms with E-state index in [-0.39, 0.29) is 17.4 Å². The molecule has 0 amide bonds. The molecule has 0 saturated heterocycles. The van der Waals surface area contributed by atoms with E-state index in [2.05, 4.69) is 0 Å². The van der Waals surface area contributed by atoms with E-state index in [4.69, 9.17) is 5.11 Å². The quantitative estimate of drug-likeness (QED) is 0.771. The van der Waals surface area contributed by atoms with Crippen LogP contribution in [-0.4, -0.2) is 22.8 Å². The maximum absolute atomic E-state index is 11.0. The first-order valence-corrected chi connectivity index (χ1v) is 6.38. The van der Waals surface area contributed by atoms with Crippen molar-refractivity contribution in [1.29, 1.82) is 0 Å². The molecule has 0 spiro atoms. The average Bonchev–Trinajstić information content (AvgIpc) is 2.13. The van der Waals surface area contributed by atoms with Crippen LogP contribution in [0.25, 0.3) is 0 Å². The van der Waals surface area contributed by atoms with Gasteiger partial charge < -0.3 is 10.2 Å². The highest BCUT2D eigenvalue weighted by atomic mass is 16.4. The van der Waals surface area contributed by atoms with Crippen molar-refractivity contribution >= 4 is 5.97 Å². The second-order valence-corrected chi connectivity index (χ2v) is 6.69. The summed E-state index contributed by atoms with van der Waals surface area (Å²) in [7, 11) is 0. The van der Waals surface area contributed by atoms with Crippen molar-refractivity contribution in [3.63, 3.8) is 0 Å². The highest BCUT2D eigenvalue weighted by Crippen LogP contribution is 2.66. The Bertz CT molecular complexity index is 309. The summed E-state index contributed by atoms with van der Waals surface area (Å²) in [6.45, 7) is 0.265. The lowest BCUT2D eigenvalue weighted by atomic mass is 9.44. The van der Waals surface area contributed by atoms with Gasteiger partial charge in [0.25, 0.3) is 0 Å². The van der Waals surface area contributed by atoms with E-state index < -0.39 is 5.97 Å². The van der Waals surface area contributed by atoms with Crippen LogP contribution in [0.2, 0.25) is 0 Å². The Hall–Kier alpha value is -0.570. The van der Waals surface area contributed by atoms with E-state index in [0.29, 0.717) is 18.3 Å². The fraction of sp³-hybridized carbons (Fsp3) is 0.923. The first-order chi connectivity index (χ1) is 7.55. The lowest BCUT2D eigenvalue weighted by Gasteiger charge is -2.61. The normalized spacial score (nSPS) is 49.6. The molecule has 2 unspecified atom stereocenters. The summed E-state index contributed by atoms with van der Waals surface area (Å²) in [5.41, 5.74) is 0.109. The van der Waals surface area contributed by atoms with Gasteiger partial charge in [0, 0.05) is 6.61 Å². The predicted octanol–water partition coefficient (Wildman–Crippen LogP) is 2.04. The topological polar surface area (TPSA) is 57.5 Å². The second kappa shape index (κ2) is 3.22. The molecule has 0 aromatic rings. The molecule has 0 aromatic heterocycles. The van der Waals surface area contributed by atoms with Gasteiger partial charge in [-0.25, -0.2) is 0 Å². The van der Waals surface area contributed by atoms with E-state index in [0.717, 1.165) is 32.1 Å². The predicted molar refractivity (Wildman–Crippen MR) is 58.9 cm³/mol. The SMILES string of the molecule is O=C(O)CC12CC3CC(CC(CO)(C3)C1)C2. The van der Waals surface area contributed by atoms with Crippen LogP contribution < -0.4 is 0 Å². The third kappa shape index (κ3) is 1.48. The van der Waals surface area contributed by atoms with Gasteiger partial charge in [0.05, 0.1) is 6.42 Å². The Morgan fingerprint density at radius 2 is 1.69 bits per heavy atom. The van der Waals surface area contributed by atoms with Gasteiger partial charge in [-0.1, -0.05) is 0 Å². The Balaban J connectivity index is 1.89. The Morgan fingerprint density at radius 1 is 1.12 bits per heavy atom. The van der Waals surface area contributed by atoms with Gasteiger partial charge >= 0.3 is 5.97 Å². The number of carboxylic acids is 1. The maximum atomic E-state index is 11.0. The van der Waals surface area contributed by atoms with Crippen molar-refractivity contribution in [1.82, 2.24) is 0 Å². The van der Waals surface area contributed by atoms with Gasteiger partial charge in [-0.15, -0.1) is 0 Å². The zero-order valence-corrected chi connectivity index (χ0v) is 9.61. The second-order valence-electron chi connectivity index (χ2n) is 6.69. The van der Waals surface area contributed by atoms with Crippen LogP contribution in [0.3, 0.4) is 0 Å². The summed E-state index contributed by atoms with van der Waals surface area (Å²) in [5, 5.41) is 18.7. The average molecular weight is 224 g/mol. The fourth-order valence-electron chi connectivity index (χ4n) is 5.36. The Kier molecular flexibility index (Phi) is 2.13. The van der Waals surface area contributed by atoms with Crippen LogP contribution in [0.1, 0.15) is 44.9 Å². The van der Waals surface area contributed by atoms with Crippen molar-refractivity contribution in [2.24, 2.45) is 22.7 Å². The summed E-state index contributed by atoms with van der Waals surface area (Å²) in [6.07, 6.45) is 7.03. The molecule has 4 bridgehead atoms. The molecule has 3 heteroatoms. The van der Waals surface area contributed by atoms with Crippen molar-refractivity contribution in [3.05, 3.63) is 0 Å². The number of aliphatic hydroxyl groups excluding tert-OH is 1. The summed E-state index contributed by atoms with van der Waals surface area (Å²) in [5.74, 6) is 0.718. The van der Waals surface area contributed by atoms with Crippen molar-refractivity contribution in [2.75, 3.05) is 6.61 Å². The minimum atomic E-state index is -0.657. The summed E-state index contributed by atoms with van der Waals surface area (Å²) >= 11 is 0. The molecule has 0 radical (unpaired) electrons. The molecule has 4 aliphatic carbocycles. The van der Waals surface area contributed by atoms with Gasteiger partial charge in [-0.05, 0) is 61.2 Å². The summed E-state index contributed by atoms with van der Waals surface area (Å²) < 4.78 is 0. The highest BCUT2D eigenvalue weighted by Gasteiger charge is 2.57. The molecule has 4 rings (SSSR count). The van der Waals surface area contributed by atoms with Crippen LogP contribution in [0.4, 0.5) is 0 Å². The van der Waals surface area contributed by atoms with E-state index in [1.54, 1.807) is 0 Å². The largest absolute Gasteiger partial charge is 0.481 e. The molecule has 2 N–H and O–H groups in total. The monoisotopic (exact) mass is 224 g/mol. The number of aliphatic carboxylic acids is 1. The number of hydrogen-bond donors (Lipinski definition) is 2. The lowest BCUT2D eigenvalue weighted by molar-refractivity contribution is -0.157. The van der Waals surface area contributed by atoms with Crippen molar-refractivity contribution in [3.8, 4) is 0 Å². The Labute approximate surface area is 95.9 Å². The third-order valence-electron chi connectivity index (χ3n) is 5.17. The molecular weight excluding hydrogens is 204 g/mol. The van der Waals surface area contributed by atoms with Crippen LogP contribution in [0.5, 0.6) is 0 Å². The standard InChI is InChI=1S/C13H20O3/c14-8-13-4-9-1-10(5-13)3-12(2-9,7-13)6-11(15)16/h9-10,14H,1-8H2,(H,15,16). The molecule has 2 atom stereocenters. The number of carbonyl (C=O) groups is 1. The minimum Gasteiger partial charge on any atom is -0.481 e. The maximum Gasteiger partial charge on any atom is 0.303 e. The molecule has 3 nitrogen and oxygen atoms in total. The highest BCUT2D eigenvalue weighted by molar-refractivity contribution is 5.67. The number of aliphatic hydroxyl groups is 1. The van der Waals surface area contributed by atoms with Crippen LogP contribution in [0.15, 0.2) is 0 Å². The van der Waals surface area contributed by atoms with Gasteiger partial charge in [0.2, 0.25) is 0 Å². The van der Waals surface area contributed by atoms with Gasteiger partial charge in [-0.2, -0.15) is 0 Å². The third-order valence-corrected chi connectivity index (χ3v) is 5.17. The fourth-order valence-corrected chi connectivity index (χ4v) is 5.36. The number of carboxylic acid groups (broad SMARTS) is 1. The molecule has 16 heavy (non-hydrogen) atoms. The molecule has 90 valence electrons. The minimum absolute atomic E-state index is 0.0264. The summed E-state index contributed by atoms with van der Waals surface area (Å²) in [4.78, 5) is 11.0.